The van der Waals surface area contributed by atoms with E-state index in [0.29, 0.717) is 12.0 Å². The average Bonchev–Trinajstić information content (AvgIpc) is 2.28. The minimum atomic E-state index is 0.619. The van der Waals surface area contributed by atoms with Crippen LogP contribution >= 0.6 is 0 Å². The van der Waals surface area contributed by atoms with Crippen LogP contribution in [0.5, 0.6) is 0 Å². The lowest BCUT2D eigenvalue weighted by atomic mass is 10.1. The molecule has 0 atom stereocenters. The van der Waals surface area contributed by atoms with Crippen molar-refractivity contribution in [3.05, 3.63) is 0 Å². The lowest BCUT2D eigenvalue weighted by Gasteiger charge is -2.07. The van der Waals surface area contributed by atoms with E-state index in [1.165, 1.54) is 38.5 Å². The van der Waals surface area contributed by atoms with Crippen LogP contribution in [0.25, 0.3) is 0 Å². The third kappa shape index (κ3) is 3.89. The Balaban J connectivity index is 2.29. The lowest BCUT2D eigenvalue weighted by molar-refractivity contribution is 0.584. The van der Waals surface area contributed by atoms with E-state index in [2.05, 4.69) is 25.1 Å². The maximum Gasteiger partial charge on any atom is 0.0495 e. The SMILES string of the molecule is CC(C)C=NC1CCCCCC1. The van der Waals surface area contributed by atoms with Crippen molar-refractivity contribution in [2.75, 3.05) is 0 Å². The molecule has 1 nitrogen and oxygen atoms in total. The highest BCUT2D eigenvalue weighted by Gasteiger charge is 2.09. The molecule has 0 unspecified atom stereocenters. The van der Waals surface area contributed by atoms with Crippen molar-refractivity contribution in [1.29, 1.82) is 0 Å². The summed E-state index contributed by atoms with van der Waals surface area (Å²) < 4.78 is 0. The third-order valence-corrected chi connectivity index (χ3v) is 2.42. The molecule has 0 bridgehead atoms. The molecular weight excluding hydrogens is 146 g/mol. The van der Waals surface area contributed by atoms with Gasteiger partial charge in [-0.1, -0.05) is 39.5 Å². The van der Waals surface area contributed by atoms with Crippen molar-refractivity contribution < 1.29 is 0 Å². The molecular formula is C11H21N. The summed E-state index contributed by atoms with van der Waals surface area (Å²) in [6.07, 6.45) is 10.4. The second kappa shape index (κ2) is 5.34. The van der Waals surface area contributed by atoms with E-state index < -0.39 is 0 Å². The molecule has 0 N–H and O–H groups in total. The minimum absolute atomic E-state index is 0.619. The monoisotopic (exact) mass is 167 g/mol. The van der Waals surface area contributed by atoms with Crippen molar-refractivity contribution in [3.63, 3.8) is 0 Å². The number of hydrogen-bond acceptors (Lipinski definition) is 1. The van der Waals surface area contributed by atoms with Gasteiger partial charge in [-0.05, 0) is 18.8 Å². The molecule has 12 heavy (non-hydrogen) atoms. The van der Waals surface area contributed by atoms with Crippen molar-refractivity contribution >= 4 is 6.21 Å². The molecule has 0 aromatic carbocycles. The summed E-state index contributed by atoms with van der Waals surface area (Å²) >= 11 is 0. The molecule has 1 saturated carbocycles. The van der Waals surface area contributed by atoms with Gasteiger partial charge in [-0.25, -0.2) is 0 Å². The molecule has 0 aromatic heterocycles. The number of aliphatic imine (C=N–C) groups is 1. The molecule has 1 rings (SSSR count). The van der Waals surface area contributed by atoms with Crippen molar-refractivity contribution in [2.45, 2.75) is 58.4 Å². The van der Waals surface area contributed by atoms with Crippen molar-refractivity contribution in [1.82, 2.24) is 0 Å². The Bertz CT molecular complexity index is 130. The zero-order chi connectivity index (χ0) is 8.81. The summed E-state index contributed by atoms with van der Waals surface area (Å²) in [5, 5.41) is 0. The van der Waals surface area contributed by atoms with Gasteiger partial charge in [-0.2, -0.15) is 0 Å². The molecule has 0 aromatic rings. The molecule has 0 amide bonds. The maximum absolute atomic E-state index is 4.62. The van der Waals surface area contributed by atoms with E-state index in [-0.39, 0.29) is 0 Å². The van der Waals surface area contributed by atoms with Gasteiger partial charge in [0.2, 0.25) is 0 Å². The highest BCUT2D eigenvalue weighted by Crippen LogP contribution is 2.19. The Morgan fingerprint density at radius 1 is 1.08 bits per heavy atom. The summed E-state index contributed by atoms with van der Waals surface area (Å²) in [4.78, 5) is 4.62. The van der Waals surface area contributed by atoms with Crippen LogP contribution in [0, 0.1) is 5.92 Å². The van der Waals surface area contributed by atoms with E-state index >= 15 is 0 Å². The average molecular weight is 167 g/mol. The number of hydrogen-bond donors (Lipinski definition) is 0. The van der Waals surface area contributed by atoms with Gasteiger partial charge in [0.1, 0.15) is 0 Å². The van der Waals surface area contributed by atoms with Crippen LogP contribution in [0.2, 0.25) is 0 Å². The third-order valence-electron chi connectivity index (χ3n) is 2.42. The molecule has 0 saturated heterocycles. The van der Waals surface area contributed by atoms with Gasteiger partial charge in [-0.15, -0.1) is 0 Å². The normalized spacial score (nSPS) is 21.9. The van der Waals surface area contributed by atoms with E-state index in [1.807, 2.05) is 0 Å². The molecule has 0 heterocycles. The quantitative estimate of drug-likeness (QED) is 0.441. The fourth-order valence-corrected chi connectivity index (χ4v) is 1.70. The van der Waals surface area contributed by atoms with Crippen LogP contribution in [-0.2, 0) is 0 Å². The highest BCUT2D eigenvalue weighted by atomic mass is 14.8. The predicted molar refractivity (Wildman–Crippen MR) is 54.8 cm³/mol. The largest absolute Gasteiger partial charge is 0.294 e. The first kappa shape index (κ1) is 9.76. The second-order valence-electron chi connectivity index (χ2n) is 4.19. The Labute approximate surface area is 76.3 Å². The van der Waals surface area contributed by atoms with Crippen LogP contribution in [0.15, 0.2) is 4.99 Å². The molecule has 0 aliphatic heterocycles. The van der Waals surface area contributed by atoms with E-state index in [4.69, 9.17) is 0 Å². The van der Waals surface area contributed by atoms with Gasteiger partial charge < -0.3 is 0 Å². The summed E-state index contributed by atoms with van der Waals surface area (Å²) in [7, 11) is 0. The highest BCUT2D eigenvalue weighted by molar-refractivity contribution is 5.59. The Morgan fingerprint density at radius 3 is 2.17 bits per heavy atom. The molecule has 1 aliphatic rings. The molecule has 0 spiro atoms. The minimum Gasteiger partial charge on any atom is -0.294 e. The van der Waals surface area contributed by atoms with Gasteiger partial charge in [0, 0.05) is 12.3 Å². The fourth-order valence-electron chi connectivity index (χ4n) is 1.70. The van der Waals surface area contributed by atoms with E-state index in [0.717, 1.165) is 0 Å². The smallest absolute Gasteiger partial charge is 0.0495 e. The predicted octanol–water partition coefficient (Wildman–Crippen LogP) is 3.44. The van der Waals surface area contributed by atoms with Gasteiger partial charge in [0.25, 0.3) is 0 Å². The van der Waals surface area contributed by atoms with Crippen LogP contribution in [0.4, 0.5) is 0 Å². The molecule has 70 valence electrons. The Hall–Kier alpha value is -0.330. The molecule has 1 heteroatoms. The van der Waals surface area contributed by atoms with Crippen LogP contribution in [0.3, 0.4) is 0 Å². The summed E-state index contributed by atoms with van der Waals surface area (Å²) in [6.45, 7) is 4.39. The first-order valence-electron chi connectivity index (χ1n) is 5.32. The lowest BCUT2D eigenvalue weighted by Crippen LogP contribution is -2.03. The standard InChI is InChI=1S/C11H21N/c1-10(2)9-12-11-7-5-3-4-6-8-11/h9-11H,3-8H2,1-2H3. The Morgan fingerprint density at radius 2 is 1.67 bits per heavy atom. The van der Waals surface area contributed by atoms with E-state index in [9.17, 15) is 0 Å². The molecule has 1 aliphatic carbocycles. The van der Waals surface area contributed by atoms with Gasteiger partial charge in [-0.3, -0.25) is 4.99 Å². The molecule has 1 fully saturated rings. The summed E-state index contributed by atoms with van der Waals surface area (Å²) in [5.74, 6) is 0.619. The zero-order valence-electron chi connectivity index (χ0n) is 8.42. The number of nitrogens with zero attached hydrogens (tertiary/aromatic N) is 1. The van der Waals surface area contributed by atoms with Crippen molar-refractivity contribution in [2.24, 2.45) is 10.9 Å². The van der Waals surface area contributed by atoms with Gasteiger partial charge >= 0.3 is 0 Å². The van der Waals surface area contributed by atoms with Crippen LogP contribution in [-0.4, -0.2) is 12.3 Å². The van der Waals surface area contributed by atoms with Gasteiger partial charge in [0.15, 0.2) is 0 Å². The summed E-state index contributed by atoms with van der Waals surface area (Å²) in [6, 6.07) is 0.648. The van der Waals surface area contributed by atoms with Crippen LogP contribution < -0.4 is 0 Å². The topological polar surface area (TPSA) is 12.4 Å². The van der Waals surface area contributed by atoms with E-state index in [1.54, 1.807) is 0 Å². The maximum atomic E-state index is 4.62. The fraction of sp³-hybridized carbons (Fsp3) is 0.909. The first-order chi connectivity index (χ1) is 5.79. The zero-order valence-corrected chi connectivity index (χ0v) is 8.42. The van der Waals surface area contributed by atoms with Crippen molar-refractivity contribution in [3.8, 4) is 0 Å². The summed E-state index contributed by atoms with van der Waals surface area (Å²) in [5.41, 5.74) is 0. The number of rotatable bonds is 2. The second-order valence-corrected chi connectivity index (χ2v) is 4.19. The van der Waals surface area contributed by atoms with Gasteiger partial charge in [0.05, 0.1) is 0 Å². The first-order valence-corrected chi connectivity index (χ1v) is 5.32. The Kier molecular flexibility index (Phi) is 4.34. The molecule has 0 radical (unpaired) electrons. The van der Waals surface area contributed by atoms with Crippen LogP contribution in [0.1, 0.15) is 52.4 Å².